The van der Waals surface area contributed by atoms with E-state index >= 15 is 0 Å². The Labute approximate surface area is 167 Å². The molecule has 1 saturated heterocycles. The number of hydrogen-bond donors (Lipinski definition) is 2. The van der Waals surface area contributed by atoms with Crippen LogP contribution in [-0.2, 0) is 16.1 Å². The van der Waals surface area contributed by atoms with Crippen molar-refractivity contribution in [2.45, 2.75) is 57.2 Å². The zero-order chi connectivity index (χ0) is 18.1. The second-order valence-electron chi connectivity index (χ2n) is 8.29. The van der Waals surface area contributed by atoms with Crippen molar-refractivity contribution in [1.29, 1.82) is 0 Å². The van der Waals surface area contributed by atoms with Gasteiger partial charge in [-0.05, 0) is 49.5 Å². The lowest BCUT2D eigenvalue weighted by molar-refractivity contribution is -0.135. The third-order valence-electron chi connectivity index (χ3n) is 6.61. The molecule has 3 aliphatic rings. The molecule has 6 heteroatoms. The maximum absolute atomic E-state index is 12.8. The summed E-state index contributed by atoms with van der Waals surface area (Å²) in [6.07, 6.45) is 6.02. The molecular weight excluding hydrogens is 362 g/mol. The van der Waals surface area contributed by atoms with Gasteiger partial charge in [0.2, 0.25) is 11.8 Å². The number of nitrogens with two attached hydrogens (primary N) is 1. The molecule has 1 heterocycles. The van der Waals surface area contributed by atoms with Crippen LogP contribution in [0.2, 0.25) is 0 Å². The third-order valence-corrected chi connectivity index (χ3v) is 6.61. The number of nitrogens with one attached hydrogen (secondary N) is 1. The summed E-state index contributed by atoms with van der Waals surface area (Å²) in [6.45, 7) is 1.33. The van der Waals surface area contributed by atoms with Gasteiger partial charge in [0.1, 0.15) is 6.04 Å². The van der Waals surface area contributed by atoms with Crippen LogP contribution in [0.25, 0.3) is 0 Å². The fourth-order valence-corrected chi connectivity index (χ4v) is 5.13. The minimum absolute atomic E-state index is 0. The molecular formula is C21H30ClN3O2. The van der Waals surface area contributed by atoms with Gasteiger partial charge in [0, 0.05) is 25.0 Å². The average molecular weight is 392 g/mol. The van der Waals surface area contributed by atoms with Crippen LogP contribution in [0.15, 0.2) is 30.3 Å². The molecule has 3 fully saturated rings. The molecule has 2 bridgehead atoms. The number of amides is 2. The number of fused-ring (bicyclic) bond motifs is 2. The lowest BCUT2D eigenvalue weighted by Gasteiger charge is -2.43. The predicted molar refractivity (Wildman–Crippen MR) is 107 cm³/mol. The SMILES string of the molecule is Cl.NC1C2CCCC1CC(C(=O)NC1CCN(Cc3ccccc3)C1=O)C2. The summed E-state index contributed by atoms with van der Waals surface area (Å²) in [5, 5.41) is 3.05. The molecule has 148 valence electrons. The molecule has 2 aliphatic carbocycles. The van der Waals surface area contributed by atoms with Crippen molar-refractivity contribution in [2.75, 3.05) is 6.54 Å². The summed E-state index contributed by atoms with van der Waals surface area (Å²) < 4.78 is 0. The first-order valence-corrected chi connectivity index (χ1v) is 10.0. The highest BCUT2D eigenvalue weighted by atomic mass is 35.5. The molecule has 0 spiro atoms. The third kappa shape index (κ3) is 4.30. The fourth-order valence-electron chi connectivity index (χ4n) is 5.13. The number of carbonyl (C=O) groups excluding carboxylic acids is 2. The molecule has 5 nitrogen and oxygen atoms in total. The van der Waals surface area contributed by atoms with Crippen LogP contribution in [0, 0.1) is 17.8 Å². The molecule has 2 saturated carbocycles. The topological polar surface area (TPSA) is 75.4 Å². The van der Waals surface area contributed by atoms with Crippen LogP contribution in [0.1, 0.15) is 44.1 Å². The first-order chi connectivity index (χ1) is 12.6. The van der Waals surface area contributed by atoms with Gasteiger partial charge >= 0.3 is 0 Å². The summed E-state index contributed by atoms with van der Waals surface area (Å²) in [6, 6.07) is 9.92. The summed E-state index contributed by atoms with van der Waals surface area (Å²) in [7, 11) is 0. The van der Waals surface area contributed by atoms with Crippen LogP contribution in [0.3, 0.4) is 0 Å². The number of rotatable bonds is 4. The lowest BCUT2D eigenvalue weighted by Crippen LogP contribution is -2.51. The standard InChI is InChI=1S/C21H29N3O2.ClH/c22-19-15-7-4-8-16(19)12-17(11-15)20(25)23-18-9-10-24(21(18)26)13-14-5-2-1-3-6-14;/h1-3,5-6,15-19H,4,7-13,22H2,(H,23,25);1H. The van der Waals surface area contributed by atoms with Crippen LogP contribution in [0.4, 0.5) is 0 Å². The molecule has 2 amide bonds. The Kier molecular flexibility index (Phi) is 6.43. The van der Waals surface area contributed by atoms with E-state index in [1.165, 1.54) is 6.42 Å². The Bertz CT molecular complexity index is 655. The summed E-state index contributed by atoms with van der Waals surface area (Å²) in [5.41, 5.74) is 7.46. The Morgan fingerprint density at radius 3 is 2.44 bits per heavy atom. The van der Waals surface area contributed by atoms with Crippen molar-refractivity contribution in [3.05, 3.63) is 35.9 Å². The first kappa shape index (κ1) is 20.2. The van der Waals surface area contributed by atoms with Crippen molar-refractivity contribution >= 4 is 24.2 Å². The highest BCUT2D eigenvalue weighted by Crippen LogP contribution is 2.42. The van der Waals surface area contributed by atoms with E-state index in [9.17, 15) is 9.59 Å². The first-order valence-electron chi connectivity index (χ1n) is 10.0. The molecule has 3 atom stereocenters. The summed E-state index contributed by atoms with van der Waals surface area (Å²) >= 11 is 0. The maximum Gasteiger partial charge on any atom is 0.245 e. The zero-order valence-electron chi connectivity index (χ0n) is 15.7. The number of hydrogen-bond acceptors (Lipinski definition) is 3. The fraction of sp³-hybridized carbons (Fsp3) is 0.619. The van der Waals surface area contributed by atoms with Gasteiger partial charge in [-0.2, -0.15) is 0 Å². The minimum atomic E-state index is -0.360. The molecule has 1 aromatic rings. The monoisotopic (exact) mass is 391 g/mol. The zero-order valence-corrected chi connectivity index (χ0v) is 16.5. The van der Waals surface area contributed by atoms with Gasteiger partial charge in [-0.3, -0.25) is 9.59 Å². The van der Waals surface area contributed by atoms with Gasteiger partial charge in [0.05, 0.1) is 0 Å². The van der Waals surface area contributed by atoms with E-state index in [0.29, 0.717) is 31.3 Å². The lowest BCUT2D eigenvalue weighted by atomic mass is 9.65. The minimum Gasteiger partial charge on any atom is -0.344 e. The second-order valence-corrected chi connectivity index (χ2v) is 8.29. The van der Waals surface area contributed by atoms with Crippen LogP contribution in [-0.4, -0.2) is 35.3 Å². The van der Waals surface area contributed by atoms with Crippen LogP contribution in [0.5, 0.6) is 0 Å². The van der Waals surface area contributed by atoms with E-state index in [-0.39, 0.29) is 42.2 Å². The number of carbonyl (C=O) groups is 2. The van der Waals surface area contributed by atoms with Crippen molar-refractivity contribution < 1.29 is 9.59 Å². The Morgan fingerprint density at radius 2 is 1.78 bits per heavy atom. The van der Waals surface area contributed by atoms with Gasteiger partial charge in [-0.1, -0.05) is 36.8 Å². The van der Waals surface area contributed by atoms with Gasteiger partial charge in [-0.15, -0.1) is 12.4 Å². The summed E-state index contributed by atoms with van der Waals surface area (Å²) in [5.74, 6) is 1.10. The predicted octanol–water partition coefficient (Wildman–Crippen LogP) is 2.48. The van der Waals surface area contributed by atoms with E-state index in [1.807, 2.05) is 35.2 Å². The van der Waals surface area contributed by atoms with E-state index < -0.39 is 0 Å². The van der Waals surface area contributed by atoms with Gasteiger partial charge in [0.25, 0.3) is 0 Å². The molecule has 4 rings (SSSR count). The van der Waals surface area contributed by atoms with Crippen molar-refractivity contribution in [3.8, 4) is 0 Å². The Morgan fingerprint density at radius 1 is 1.11 bits per heavy atom. The molecule has 1 aromatic carbocycles. The number of likely N-dealkylation sites (tertiary alicyclic amines) is 1. The van der Waals surface area contributed by atoms with Crippen LogP contribution >= 0.6 is 12.4 Å². The van der Waals surface area contributed by atoms with E-state index in [2.05, 4.69) is 5.32 Å². The van der Waals surface area contributed by atoms with E-state index in [1.54, 1.807) is 0 Å². The highest BCUT2D eigenvalue weighted by molar-refractivity contribution is 5.90. The number of halogens is 1. The quantitative estimate of drug-likeness (QED) is 0.827. The normalized spacial score (nSPS) is 32.7. The van der Waals surface area contributed by atoms with Crippen molar-refractivity contribution in [1.82, 2.24) is 10.2 Å². The van der Waals surface area contributed by atoms with Gasteiger partial charge in [-0.25, -0.2) is 0 Å². The van der Waals surface area contributed by atoms with Gasteiger partial charge in [0.15, 0.2) is 0 Å². The van der Waals surface area contributed by atoms with Gasteiger partial charge < -0.3 is 16.0 Å². The Balaban J connectivity index is 0.00000210. The van der Waals surface area contributed by atoms with Crippen LogP contribution < -0.4 is 11.1 Å². The Hall–Kier alpha value is -1.59. The van der Waals surface area contributed by atoms with Crippen molar-refractivity contribution in [2.24, 2.45) is 23.5 Å². The molecule has 27 heavy (non-hydrogen) atoms. The smallest absolute Gasteiger partial charge is 0.245 e. The number of nitrogens with zero attached hydrogens (tertiary/aromatic N) is 1. The van der Waals surface area contributed by atoms with Crippen molar-refractivity contribution in [3.63, 3.8) is 0 Å². The summed E-state index contributed by atoms with van der Waals surface area (Å²) in [4.78, 5) is 27.3. The maximum atomic E-state index is 12.8. The average Bonchev–Trinajstić information content (AvgIpc) is 2.96. The molecule has 3 unspecified atom stereocenters. The van der Waals surface area contributed by atoms with E-state index in [0.717, 1.165) is 31.2 Å². The van der Waals surface area contributed by atoms with E-state index in [4.69, 9.17) is 5.73 Å². The molecule has 0 aromatic heterocycles. The molecule has 1 aliphatic heterocycles. The largest absolute Gasteiger partial charge is 0.344 e. The molecule has 3 N–H and O–H groups in total. The highest BCUT2D eigenvalue weighted by Gasteiger charge is 2.42. The molecule has 0 radical (unpaired) electrons. The number of benzene rings is 1. The second kappa shape index (κ2) is 8.61.